The van der Waals surface area contributed by atoms with Gasteiger partial charge >= 0.3 is 5.97 Å². The quantitative estimate of drug-likeness (QED) is 0.732. The molecule has 4 nitrogen and oxygen atoms in total. The molecule has 0 amide bonds. The maximum atomic E-state index is 12.0. The van der Waals surface area contributed by atoms with E-state index in [0.717, 1.165) is 6.42 Å². The van der Waals surface area contributed by atoms with Crippen LogP contribution in [0.5, 0.6) is 0 Å². The third kappa shape index (κ3) is 4.52. The van der Waals surface area contributed by atoms with Crippen LogP contribution in [-0.4, -0.2) is 33.6 Å². The molecule has 1 rings (SSSR count). The van der Waals surface area contributed by atoms with E-state index in [4.69, 9.17) is 4.74 Å². The van der Waals surface area contributed by atoms with Gasteiger partial charge in [0.05, 0.1) is 11.7 Å². The lowest BCUT2D eigenvalue weighted by atomic mass is 9.92. The molecule has 0 aliphatic heterocycles. The molecule has 0 spiro atoms. The third-order valence-corrected chi connectivity index (χ3v) is 3.68. The van der Waals surface area contributed by atoms with Crippen LogP contribution in [0.2, 0.25) is 0 Å². The molecule has 0 radical (unpaired) electrons. The molecular weight excluding hydrogens is 252 g/mol. The van der Waals surface area contributed by atoms with Gasteiger partial charge in [0.25, 0.3) is 0 Å². The molecule has 5 heteroatoms. The number of rotatable bonds is 4. The molecular formula is C13H22O4S. The number of carbonyl (C=O) groups excluding carboxylic acids is 2. The minimum Gasteiger partial charge on any atom is -0.460 e. The SMILES string of the molecule is CS(=O)CC(=O)[C@@H]1CCCC1C(=O)OC(C)(C)C. The van der Waals surface area contributed by atoms with Crippen LogP contribution in [0.1, 0.15) is 40.0 Å². The maximum absolute atomic E-state index is 12.0. The smallest absolute Gasteiger partial charge is 0.310 e. The fourth-order valence-electron chi connectivity index (χ4n) is 2.31. The first-order valence-electron chi connectivity index (χ1n) is 6.26. The topological polar surface area (TPSA) is 60.4 Å². The molecule has 0 bridgehead atoms. The Balaban J connectivity index is 2.67. The molecule has 1 aliphatic carbocycles. The van der Waals surface area contributed by atoms with Crippen LogP contribution >= 0.6 is 0 Å². The fourth-order valence-corrected chi connectivity index (χ4v) is 2.93. The largest absolute Gasteiger partial charge is 0.460 e. The van der Waals surface area contributed by atoms with Crippen molar-refractivity contribution in [3.05, 3.63) is 0 Å². The van der Waals surface area contributed by atoms with Gasteiger partial charge < -0.3 is 4.74 Å². The van der Waals surface area contributed by atoms with Crippen molar-refractivity contribution in [2.75, 3.05) is 12.0 Å². The van der Waals surface area contributed by atoms with Crippen LogP contribution in [0.4, 0.5) is 0 Å². The van der Waals surface area contributed by atoms with E-state index in [2.05, 4.69) is 0 Å². The highest BCUT2D eigenvalue weighted by Crippen LogP contribution is 2.34. The van der Waals surface area contributed by atoms with E-state index >= 15 is 0 Å². The number of ketones is 1. The van der Waals surface area contributed by atoms with E-state index in [9.17, 15) is 13.8 Å². The van der Waals surface area contributed by atoms with Crippen molar-refractivity contribution in [1.82, 2.24) is 0 Å². The average molecular weight is 274 g/mol. The molecule has 1 fully saturated rings. The van der Waals surface area contributed by atoms with E-state index in [1.165, 1.54) is 6.26 Å². The average Bonchev–Trinajstić information content (AvgIpc) is 2.61. The summed E-state index contributed by atoms with van der Waals surface area (Å²) >= 11 is 0. The molecule has 0 saturated heterocycles. The van der Waals surface area contributed by atoms with E-state index in [-0.39, 0.29) is 29.3 Å². The van der Waals surface area contributed by atoms with Crippen molar-refractivity contribution in [2.24, 2.45) is 11.8 Å². The van der Waals surface area contributed by atoms with Crippen molar-refractivity contribution >= 4 is 22.6 Å². The summed E-state index contributed by atoms with van der Waals surface area (Å²) in [6, 6.07) is 0. The lowest BCUT2D eigenvalue weighted by molar-refractivity contribution is -0.162. The predicted molar refractivity (Wildman–Crippen MR) is 70.6 cm³/mol. The second-order valence-electron chi connectivity index (χ2n) is 5.86. The van der Waals surface area contributed by atoms with Gasteiger partial charge in [-0.1, -0.05) is 6.42 Å². The number of esters is 1. The molecule has 2 unspecified atom stereocenters. The summed E-state index contributed by atoms with van der Waals surface area (Å²) in [4.78, 5) is 23.9. The fraction of sp³-hybridized carbons (Fsp3) is 0.846. The number of ether oxygens (including phenoxy) is 1. The highest BCUT2D eigenvalue weighted by molar-refractivity contribution is 7.85. The normalized spacial score (nSPS) is 25.8. The first-order chi connectivity index (χ1) is 8.20. The van der Waals surface area contributed by atoms with Crippen molar-refractivity contribution in [3.8, 4) is 0 Å². The molecule has 1 aliphatic rings. The molecule has 0 aromatic heterocycles. The molecule has 3 atom stereocenters. The van der Waals surface area contributed by atoms with Crippen LogP contribution < -0.4 is 0 Å². The number of hydrogen-bond acceptors (Lipinski definition) is 4. The Morgan fingerprint density at radius 2 is 1.78 bits per heavy atom. The highest BCUT2D eigenvalue weighted by Gasteiger charge is 2.39. The Kier molecular flexibility index (Phi) is 5.08. The third-order valence-electron chi connectivity index (χ3n) is 2.98. The number of hydrogen-bond donors (Lipinski definition) is 0. The van der Waals surface area contributed by atoms with Gasteiger partial charge in [-0.15, -0.1) is 0 Å². The predicted octanol–water partition coefficient (Wildman–Crippen LogP) is 1.69. The summed E-state index contributed by atoms with van der Waals surface area (Å²) in [5.74, 6) is -0.960. The first kappa shape index (κ1) is 15.3. The van der Waals surface area contributed by atoms with Gasteiger partial charge in [-0.2, -0.15) is 0 Å². The Hall–Kier alpha value is -0.710. The van der Waals surface area contributed by atoms with Gasteiger partial charge in [0.1, 0.15) is 11.4 Å². The highest BCUT2D eigenvalue weighted by atomic mass is 32.2. The molecule has 0 aromatic carbocycles. The second kappa shape index (κ2) is 5.95. The van der Waals surface area contributed by atoms with E-state index in [1.807, 2.05) is 20.8 Å². The number of Topliss-reactive ketones (excluding diaryl/α,β-unsaturated/α-hetero) is 1. The second-order valence-corrected chi connectivity index (χ2v) is 7.30. The van der Waals surface area contributed by atoms with Crippen molar-refractivity contribution in [3.63, 3.8) is 0 Å². The maximum Gasteiger partial charge on any atom is 0.310 e. The van der Waals surface area contributed by atoms with Gasteiger partial charge in [0.2, 0.25) is 0 Å². The van der Waals surface area contributed by atoms with Crippen molar-refractivity contribution in [2.45, 2.75) is 45.6 Å². The zero-order valence-electron chi connectivity index (χ0n) is 11.5. The Morgan fingerprint density at radius 3 is 2.28 bits per heavy atom. The molecule has 0 heterocycles. The molecule has 0 aromatic rings. The van der Waals surface area contributed by atoms with E-state index in [0.29, 0.717) is 12.8 Å². The van der Waals surface area contributed by atoms with Gasteiger partial charge in [-0.05, 0) is 33.6 Å². The molecule has 0 N–H and O–H groups in total. The standard InChI is InChI=1S/C13H22O4S/c1-13(2,3)17-12(15)10-7-5-6-9(10)11(14)8-18(4)16/h9-10H,5-8H2,1-4H3/t9-,10?,18?/m1/s1. The molecule has 1 saturated carbocycles. The van der Waals surface area contributed by atoms with E-state index < -0.39 is 16.4 Å². The van der Waals surface area contributed by atoms with Crippen LogP contribution in [0.25, 0.3) is 0 Å². The van der Waals surface area contributed by atoms with Gasteiger partial charge in [-0.3, -0.25) is 13.8 Å². The van der Waals surface area contributed by atoms with Gasteiger partial charge in [-0.25, -0.2) is 0 Å². The lowest BCUT2D eigenvalue weighted by Gasteiger charge is -2.24. The Labute approximate surface area is 111 Å². The summed E-state index contributed by atoms with van der Waals surface area (Å²) in [7, 11) is -1.14. The summed E-state index contributed by atoms with van der Waals surface area (Å²) < 4.78 is 16.4. The first-order valence-corrected chi connectivity index (χ1v) is 7.99. The van der Waals surface area contributed by atoms with Crippen molar-refractivity contribution < 1.29 is 18.5 Å². The summed E-state index contributed by atoms with van der Waals surface area (Å²) in [6.45, 7) is 5.45. The Bertz CT molecular complexity index is 356. The molecule has 104 valence electrons. The summed E-state index contributed by atoms with van der Waals surface area (Å²) in [6.07, 6.45) is 3.77. The molecule has 18 heavy (non-hydrogen) atoms. The Morgan fingerprint density at radius 1 is 1.22 bits per heavy atom. The van der Waals surface area contributed by atoms with E-state index in [1.54, 1.807) is 0 Å². The minimum absolute atomic E-state index is 0.0456. The minimum atomic E-state index is -1.14. The van der Waals surface area contributed by atoms with Crippen LogP contribution in [0, 0.1) is 11.8 Å². The summed E-state index contributed by atoms with van der Waals surface area (Å²) in [5, 5.41) is 0. The van der Waals surface area contributed by atoms with Gasteiger partial charge in [0.15, 0.2) is 0 Å². The summed E-state index contributed by atoms with van der Waals surface area (Å²) in [5.41, 5.74) is -0.527. The van der Waals surface area contributed by atoms with Crippen LogP contribution in [-0.2, 0) is 25.1 Å². The van der Waals surface area contributed by atoms with Gasteiger partial charge in [0, 0.05) is 23.0 Å². The zero-order valence-corrected chi connectivity index (χ0v) is 12.3. The van der Waals surface area contributed by atoms with Crippen LogP contribution in [0.3, 0.4) is 0 Å². The zero-order chi connectivity index (χ0) is 13.9. The van der Waals surface area contributed by atoms with Crippen molar-refractivity contribution in [1.29, 1.82) is 0 Å². The monoisotopic (exact) mass is 274 g/mol. The van der Waals surface area contributed by atoms with Crippen LogP contribution in [0.15, 0.2) is 0 Å². The number of carbonyl (C=O) groups is 2. The lowest BCUT2D eigenvalue weighted by Crippen LogP contribution is -2.34.